The van der Waals surface area contributed by atoms with E-state index in [0.717, 1.165) is 30.9 Å². The maximum atomic E-state index is 11.6. The summed E-state index contributed by atoms with van der Waals surface area (Å²) in [4.78, 5) is 14.0. The molecule has 5 heteroatoms. The molecule has 0 unspecified atom stereocenters. The molecule has 1 saturated heterocycles. The van der Waals surface area contributed by atoms with Gasteiger partial charge in [0.1, 0.15) is 5.75 Å². The summed E-state index contributed by atoms with van der Waals surface area (Å²) in [6.45, 7) is 6.03. The number of nitrogens with one attached hydrogen (secondary N) is 1. The number of aryl methyl sites for hydroxylation is 1. The van der Waals surface area contributed by atoms with Crippen molar-refractivity contribution in [1.29, 1.82) is 0 Å². The van der Waals surface area contributed by atoms with Gasteiger partial charge < -0.3 is 15.0 Å². The van der Waals surface area contributed by atoms with E-state index in [4.69, 9.17) is 4.74 Å². The molecule has 0 radical (unpaired) electrons. The first-order valence-corrected chi connectivity index (χ1v) is 6.93. The fourth-order valence-electron chi connectivity index (χ4n) is 2.27. The van der Waals surface area contributed by atoms with Crippen molar-refractivity contribution in [3.05, 3.63) is 29.8 Å². The first-order chi connectivity index (χ1) is 9.25. The number of hydrogen-bond acceptors (Lipinski definition) is 3. The Morgan fingerprint density at radius 3 is 2.70 bits per heavy atom. The van der Waals surface area contributed by atoms with E-state index in [-0.39, 0.29) is 24.9 Å². The minimum Gasteiger partial charge on any atom is -0.484 e. The molecule has 1 fully saturated rings. The van der Waals surface area contributed by atoms with Crippen LogP contribution in [0, 0.1) is 6.92 Å². The average molecular weight is 299 g/mol. The number of benzene rings is 1. The van der Waals surface area contributed by atoms with Gasteiger partial charge in [-0.1, -0.05) is 18.2 Å². The van der Waals surface area contributed by atoms with E-state index in [1.54, 1.807) is 0 Å². The molecule has 0 saturated carbocycles. The van der Waals surface area contributed by atoms with Crippen LogP contribution in [0.15, 0.2) is 24.3 Å². The van der Waals surface area contributed by atoms with Crippen molar-refractivity contribution in [1.82, 2.24) is 10.2 Å². The summed E-state index contributed by atoms with van der Waals surface area (Å²) in [6, 6.07) is 7.72. The van der Waals surface area contributed by atoms with Gasteiger partial charge in [-0.2, -0.15) is 0 Å². The Labute approximate surface area is 126 Å². The van der Waals surface area contributed by atoms with Crippen LogP contribution in [-0.2, 0) is 4.79 Å². The van der Waals surface area contributed by atoms with Crippen molar-refractivity contribution in [3.63, 3.8) is 0 Å². The average Bonchev–Trinajstić information content (AvgIpc) is 2.91. The zero-order valence-corrected chi connectivity index (χ0v) is 12.7. The third kappa shape index (κ3) is 5.39. The van der Waals surface area contributed by atoms with E-state index < -0.39 is 0 Å². The number of carbonyl (C=O) groups excluding carboxylic acids is 1. The summed E-state index contributed by atoms with van der Waals surface area (Å²) in [5.74, 6) is 0.722. The van der Waals surface area contributed by atoms with Crippen LogP contribution in [0.5, 0.6) is 5.75 Å². The van der Waals surface area contributed by atoms with Gasteiger partial charge in [-0.15, -0.1) is 12.4 Å². The SMILES string of the molecule is Cc1ccccc1OCC(=O)NCCN1CCCC1.Cl. The van der Waals surface area contributed by atoms with Crippen LogP contribution >= 0.6 is 12.4 Å². The van der Waals surface area contributed by atoms with Crippen molar-refractivity contribution in [3.8, 4) is 5.75 Å². The minimum absolute atomic E-state index is 0. The number of nitrogens with zero attached hydrogens (tertiary/aromatic N) is 1. The fraction of sp³-hybridized carbons (Fsp3) is 0.533. The molecule has 2 rings (SSSR count). The van der Waals surface area contributed by atoms with E-state index in [1.165, 1.54) is 12.8 Å². The Morgan fingerprint density at radius 1 is 1.30 bits per heavy atom. The summed E-state index contributed by atoms with van der Waals surface area (Å²) in [5, 5.41) is 2.89. The second kappa shape index (κ2) is 8.82. The molecule has 112 valence electrons. The van der Waals surface area contributed by atoms with E-state index in [0.29, 0.717) is 6.54 Å². The van der Waals surface area contributed by atoms with Crippen molar-refractivity contribution in [2.24, 2.45) is 0 Å². The van der Waals surface area contributed by atoms with Crippen molar-refractivity contribution in [2.75, 3.05) is 32.8 Å². The fourth-order valence-corrected chi connectivity index (χ4v) is 2.27. The van der Waals surface area contributed by atoms with Crippen LogP contribution in [0.4, 0.5) is 0 Å². The predicted octanol–water partition coefficient (Wildman–Crippen LogP) is 2.01. The Hall–Kier alpha value is -1.26. The number of hydrogen-bond donors (Lipinski definition) is 1. The van der Waals surface area contributed by atoms with Crippen LogP contribution in [0.1, 0.15) is 18.4 Å². The molecule has 0 aromatic heterocycles. The van der Waals surface area contributed by atoms with E-state index in [2.05, 4.69) is 10.2 Å². The second-order valence-electron chi connectivity index (χ2n) is 4.95. The number of rotatable bonds is 6. The lowest BCUT2D eigenvalue weighted by Gasteiger charge is -2.15. The van der Waals surface area contributed by atoms with Crippen molar-refractivity contribution < 1.29 is 9.53 Å². The highest BCUT2D eigenvalue weighted by Crippen LogP contribution is 2.15. The summed E-state index contributed by atoms with van der Waals surface area (Å²) < 4.78 is 5.50. The number of likely N-dealkylation sites (tertiary alicyclic amines) is 1. The first-order valence-electron chi connectivity index (χ1n) is 6.93. The van der Waals surface area contributed by atoms with Gasteiger partial charge in [-0.25, -0.2) is 0 Å². The van der Waals surface area contributed by atoms with Gasteiger partial charge in [0.2, 0.25) is 0 Å². The van der Waals surface area contributed by atoms with Crippen LogP contribution in [-0.4, -0.2) is 43.6 Å². The van der Waals surface area contributed by atoms with E-state index in [1.807, 2.05) is 31.2 Å². The quantitative estimate of drug-likeness (QED) is 0.873. The lowest BCUT2D eigenvalue weighted by molar-refractivity contribution is -0.123. The molecule has 1 N–H and O–H groups in total. The number of carbonyl (C=O) groups is 1. The number of amides is 1. The zero-order chi connectivity index (χ0) is 13.5. The van der Waals surface area contributed by atoms with E-state index in [9.17, 15) is 4.79 Å². The van der Waals surface area contributed by atoms with E-state index >= 15 is 0 Å². The largest absolute Gasteiger partial charge is 0.484 e. The van der Waals surface area contributed by atoms with Crippen LogP contribution in [0.2, 0.25) is 0 Å². The predicted molar refractivity (Wildman–Crippen MR) is 82.6 cm³/mol. The highest BCUT2D eigenvalue weighted by molar-refractivity contribution is 5.85. The molecule has 4 nitrogen and oxygen atoms in total. The van der Waals surface area contributed by atoms with Gasteiger partial charge >= 0.3 is 0 Å². The van der Waals surface area contributed by atoms with Crippen molar-refractivity contribution >= 4 is 18.3 Å². The lowest BCUT2D eigenvalue weighted by Crippen LogP contribution is -2.35. The molecular weight excluding hydrogens is 276 g/mol. The smallest absolute Gasteiger partial charge is 0.257 e. The Bertz CT molecular complexity index is 420. The summed E-state index contributed by atoms with van der Waals surface area (Å²) in [7, 11) is 0. The van der Waals surface area contributed by atoms with Gasteiger partial charge in [-0.05, 0) is 44.5 Å². The topological polar surface area (TPSA) is 41.6 Å². The third-order valence-corrected chi connectivity index (χ3v) is 3.40. The normalized spacial score (nSPS) is 14.7. The Morgan fingerprint density at radius 2 is 2.00 bits per heavy atom. The Balaban J connectivity index is 0.00000200. The highest BCUT2D eigenvalue weighted by Gasteiger charge is 2.11. The lowest BCUT2D eigenvalue weighted by atomic mass is 10.2. The second-order valence-corrected chi connectivity index (χ2v) is 4.95. The van der Waals surface area contributed by atoms with Gasteiger partial charge in [0.05, 0.1) is 0 Å². The molecule has 1 aromatic rings. The molecule has 0 spiro atoms. The van der Waals surface area contributed by atoms with Crippen LogP contribution < -0.4 is 10.1 Å². The Kier molecular flexibility index (Phi) is 7.41. The summed E-state index contributed by atoms with van der Waals surface area (Å²) in [5.41, 5.74) is 1.05. The summed E-state index contributed by atoms with van der Waals surface area (Å²) in [6.07, 6.45) is 2.56. The molecule has 1 heterocycles. The third-order valence-electron chi connectivity index (χ3n) is 3.40. The maximum Gasteiger partial charge on any atom is 0.257 e. The summed E-state index contributed by atoms with van der Waals surface area (Å²) >= 11 is 0. The molecule has 1 aliphatic heterocycles. The number of para-hydroxylation sites is 1. The highest BCUT2D eigenvalue weighted by atomic mass is 35.5. The molecule has 1 aromatic carbocycles. The van der Waals surface area contributed by atoms with Crippen molar-refractivity contribution in [2.45, 2.75) is 19.8 Å². The van der Waals surface area contributed by atoms with Crippen LogP contribution in [0.25, 0.3) is 0 Å². The maximum absolute atomic E-state index is 11.6. The standard InChI is InChI=1S/C15H22N2O2.ClH/c1-13-6-2-3-7-14(13)19-12-15(18)16-8-11-17-9-4-5-10-17;/h2-3,6-7H,4-5,8-12H2,1H3,(H,16,18);1H. The first kappa shape index (κ1) is 16.8. The van der Waals surface area contributed by atoms with Gasteiger partial charge in [0, 0.05) is 13.1 Å². The molecule has 0 aliphatic carbocycles. The molecule has 20 heavy (non-hydrogen) atoms. The molecular formula is C15H23ClN2O2. The number of ether oxygens (including phenoxy) is 1. The van der Waals surface area contributed by atoms with Gasteiger partial charge in [0.25, 0.3) is 5.91 Å². The molecule has 1 aliphatic rings. The van der Waals surface area contributed by atoms with Gasteiger partial charge in [0.15, 0.2) is 6.61 Å². The van der Waals surface area contributed by atoms with Gasteiger partial charge in [-0.3, -0.25) is 4.79 Å². The number of halogens is 1. The molecule has 0 bridgehead atoms. The minimum atomic E-state index is -0.0533. The molecule has 0 atom stereocenters. The monoisotopic (exact) mass is 298 g/mol. The zero-order valence-electron chi connectivity index (χ0n) is 11.9. The molecule has 1 amide bonds. The van der Waals surface area contributed by atoms with Crippen LogP contribution in [0.3, 0.4) is 0 Å².